The number of carboxylic acids is 1. The van der Waals surface area contributed by atoms with Gasteiger partial charge >= 0.3 is 5.97 Å². The summed E-state index contributed by atoms with van der Waals surface area (Å²) < 4.78 is 10.6. The zero-order valence-electron chi connectivity index (χ0n) is 14.7. The average molecular weight is 383 g/mol. The molecule has 8 heteroatoms. The molecule has 0 saturated carbocycles. The van der Waals surface area contributed by atoms with Gasteiger partial charge in [0.1, 0.15) is 0 Å². The molecular weight excluding hydrogens is 366 g/mol. The van der Waals surface area contributed by atoms with E-state index in [4.69, 9.17) is 9.47 Å². The number of hydrazone groups is 1. The third-order valence-corrected chi connectivity index (χ3v) is 4.49. The summed E-state index contributed by atoms with van der Waals surface area (Å²) in [7, 11) is 3.17. The number of aromatic carboxylic acids is 1. The van der Waals surface area contributed by atoms with Crippen LogP contribution in [0.5, 0.6) is 11.5 Å². The van der Waals surface area contributed by atoms with Crippen molar-refractivity contribution in [1.29, 1.82) is 0 Å². The Hall–Kier alpha value is -3.39. The number of hydrogen-bond acceptors (Lipinski definition) is 7. The summed E-state index contributed by atoms with van der Waals surface area (Å²) in [6.45, 7) is 0. The van der Waals surface area contributed by atoms with Crippen LogP contribution in [0.1, 0.15) is 15.9 Å². The van der Waals surface area contributed by atoms with E-state index in [0.717, 1.165) is 11.3 Å². The van der Waals surface area contributed by atoms with E-state index in [1.807, 2.05) is 23.6 Å². The second-order valence-corrected chi connectivity index (χ2v) is 6.23. The summed E-state index contributed by atoms with van der Waals surface area (Å²) in [5, 5.41) is 15.7. The lowest BCUT2D eigenvalue weighted by atomic mass is 10.1. The normalized spacial score (nSPS) is 10.7. The van der Waals surface area contributed by atoms with Gasteiger partial charge < -0.3 is 14.6 Å². The number of anilines is 1. The van der Waals surface area contributed by atoms with Crippen LogP contribution in [0.4, 0.5) is 5.13 Å². The summed E-state index contributed by atoms with van der Waals surface area (Å²) in [6.07, 6.45) is 1.46. The predicted molar refractivity (Wildman–Crippen MR) is 105 cm³/mol. The van der Waals surface area contributed by atoms with Crippen molar-refractivity contribution in [3.8, 4) is 22.8 Å². The Bertz CT molecular complexity index is 985. The first-order valence-corrected chi connectivity index (χ1v) is 8.79. The van der Waals surface area contributed by atoms with E-state index in [9.17, 15) is 9.90 Å². The monoisotopic (exact) mass is 383 g/mol. The number of carboxylic acid groups (broad SMARTS) is 1. The van der Waals surface area contributed by atoms with E-state index >= 15 is 0 Å². The molecule has 7 nitrogen and oxygen atoms in total. The Labute approximate surface area is 159 Å². The van der Waals surface area contributed by atoms with Gasteiger partial charge in [0.25, 0.3) is 0 Å². The molecule has 0 amide bonds. The lowest BCUT2D eigenvalue weighted by molar-refractivity contribution is 0.0697. The van der Waals surface area contributed by atoms with Gasteiger partial charge in [-0.3, -0.25) is 5.43 Å². The Morgan fingerprint density at radius 3 is 2.70 bits per heavy atom. The first-order valence-electron chi connectivity index (χ1n) is 7.91. The van der Waals surface area contributed by atoms with Crippen molar-refractivity contribution in [1.82, 2.24) is 4.98 Å². The lowest BCUT2D eigenvalue weighted by Crippen LogP contribution is -2.02. The second kappa shape index (κ2) is 8.33. The Balaban J connectivity index is 1.75. The molecule has 0 aliphatic heterocycles. The van der Waals surface area contributed by atoms with Crippen LogP contribution in [0.25, 0.3) is 11.3 Å². The van der Waals surface area contributed by atoms with E-state index in [1.165, 1.54) is 23.6 Å². The van der Waals surface area contributed by atoms with Gasteiger partial charge in [0.05, 0.1) is 31.7 Å². The molecule has 3 aromatic rings. The van der Waals surface area contributed by atoms with Crippen LogP contribution in [-0.4, -0.2) is 36.5 Å². The van der Waals surface area contributed by atoms with E-state index in [2.05, 4.69) is 15.5 Å². The largest absolute Gasteiger partial charge is 0.493 e. The van der Waals surface area contributed by atoms with E-state index in [0.29, 0.717) is 22.2 Å². The summed E-state index contributed by atoms with van der Waals surface area (Å²) >= 11 is 1.39. The fourth-order valence-corrected chi connectivity index (χ4v) is 3.08. The van der Waals surface area contributed by atoms with Gasteiger partial charge in [-0.25, -0.2) is 9.78 Å². The highest BCUT2D eigenvalue weighted by Gasteiger charge is 2.10. The van der Waals surface area contributed by atoms with Gasteiger partial charge in [0.15, 0.2) is 11.5 Å². The Kier molecular flexibility index (Phi) is 5.68. The van der Waals surface area contributed by atoms with Gasteiger partial charge in [0, 0.05) is 16.5 Å². The number of benzene rings is 2. The molecule has 0 saturated heterocycles. The molecule has 27 heavy (non-hydrogen) atoms. The lowest BCUT2D eigenvalue weighted by Gasteiger charge is -2.08. The third kappa shape index (κ3) is 4.24. The van der Waals surface area contributed by atoms with Crippen molar-refractivity contribution in [2.24, 2.45) is 5.10 Å². The number of nitrogens with zero attached hydrogens (tertiary/aromatic N) is 2. The van der Waals surface area contributed by atoms with Crippen LogP contribution in [0, 0.1) is 0 Å². The average Bonchev–Trinajstić information content (AvgIpc) is 3.16. The van der Waals surface area contributed by atoms with Crippen molar-refractivity contribution in [3.63, 3.8) is 0 Å². The fourth-order valence-electron chi connectivity index (χ4n) is 2.41. The molecule has 3 rings (SSSR count). The number of ether oxygens (including phenoxy) is 2. The summed E-state index contributed by atoms with van der Waals surface area (Å²) in [6, 6.07) is 12.2. The standard InChI is InChI=1S/C19H17N3O4S/c1-25-16-8-7-12(9-17(16)26-2)15-11-27-19(21-15)22-20-10-13-5-3-4-6-14(13)18(23)24/h3-11H,1-2H3,(H,21,22)(H,23,24)/b20-10-. The number of thiazole rings is 1. The van der Waals surface area contributed by atoms with Crippen LogP contribution in [0.2, 0.25) is 0 Å². The van der Waals surface area contributed by atoms with Crippen molar-refractivity contribution < 1.29 is 19.4 Å². The van der Waals surface area contributed by atoms with Gasteiger partial charge in [-0.05, 0) is 24.3 Å². The van der Waals surface area contributed by atoms with Gasteiger partial charge in [-0.1, -0.05) is 18.2 Å². The highest BCUT2D eigenvalue weighted by molar-refractivity contribution is 7.14. The Morgan fingerprint density at radius 1 is 1.19 bits per heavy atom. The topological polar surface area (TPSA) is 93.0 Å². The molecule has 0 bridgehead atoms. The van der Waals surface area contributed by atoms with Crippen molar-refractivity contribution in [2.75, 3.05) is 19.6 Å². The van der Waals surface area contributed by atoms with Gasteiger partial charge in [0.2, 0.25) is 5.13 Å². The molecule has 1 aromatic heterocycles. The minimum Gasteiger partial charge on any atom is -0.493 e. The van der Waals surface area contributed by atoms with Crippen LogP contribution in [-0.2, 0) is 0 Å². The number of methoxy groups -OCH3 is 2. The molecule has 2 aromatic carbocycles. The molecule has 0 radical (unpaired) electrons. The molecule has 0 unspecified atom stereocenters. The zero-order chi connectivity index (χ0) is 19.2. The van der Waals surface area contributed by atoms with E-state index in [-0.39, 0.29) is 5.56 Å². The molecular formula is C19H17N3O4S. The number of nitrogens with one attached hydrogen (secondary N) is 1. The van der Waals surface area contributed by atoms with Crippen molar-refractivity contribution in [3.05, 3.63) is 59.0 Å². The predicted octanol–water partition coefficient (Wildman–Crippen LogP) is 3.97. The molecule has 0 fully saturated rings. The maximum absolute atomic E-state index is 11.2. The molecule has 0 spiro atoms. The Morgan fingerprint density at radius 2 is 1.96 bits per heavy atom. The third-order valence-electron chi connectivity index (χ3n) is 3.74. The summed E-state index contributed by atoms with van der Waals surface area (Å²) in [4.78, 5) is 15.7. The summed E-state index contributed by atoms with van der Waals surface area (Å²) in [5.74, 6) is 0.277. The summed E-state index contributed by atoms with van der Waals surface area (Å²) in [5.41, 5.74) is 5.18. The highest BCUT2D eigenvalue weighted by Crippen LogP contribution is 2.33. The van der Waals surface area contributed by atoms with Crippen molar-refractivity contribution in [2.45, 2.75) is 0 Å². The molecule has 2 N–H and O–H groups in total. The maximum atomic E-state index is 11.2. The highest BCUT2D eigenvalue weighted by atomic mass is 32.1. The molecule has 138 valence electrons. The second-order valence-electron chi connectivity index (χ2n) is 5.37. The minimum atomic E-state index is -0.998. The fraction of sp³-hybridized carbons (Fsp3) is 0.105. The molecule has 1 heterocycles. The number of aromatic nitrogens is 1. The van der Waals surface area contributed by atoms with Crippen molar-refractivity contribution >= 4 is 28.7 Å². The first-order chi connectivity index (χ1) is 13.1. The smallest absolute Gasteiger partial charge is 0.336 e. The quantitative estimate of drug-likeness (QED) is 0.474. The van der Waals surface area contributed by atoms with E-state index < -0.39 is 5.97 Å². The van der Waals surface area contributed by atoms with Gasteiger partial charge in [-0.2, -0.15) is 5.10 Å². The first kappa shape index (κ1) is 18.4. The zero-order valence-corrected chi connectivity index (χ0v) is 15.5. The van der Waals surface area contributed by atoms with Gasteiger partial charge in [-0.15, -0.1) is 11.3 Å². The number of rotatable bonds is 7. The molecule has 0 aliphatic rings. The van der Waals surface area contributed by atoms with Crippen LogP contribution in [0.3, 0.4) is 0 Å². The number of hydrogen-bond donors (Lipinski definition) is 2. The van der Waals surface area contributed by atoms with Crippen LogP contribution < -0.4 is 14.9 Å². The SMILES string of the molecule is COc1ccc(-c2csc(N/N=C\c3ccccc3C(=O)O)n2)cc1OC. The van der Waals surface area contributed by atoms with E-state index in [1.54, 1.807) is 32.4 Å². The molecule has 0 atom stereocenters. The maximum Gasteiger partial charge on any atom is 0.336 e. The number of carbonyl (C=O) groups is 1. The molecule has 0 aliphatic carbocycles. The van der Waals surface area contributed by atoms with Crippen LogP contribution >= 0.6 is 11.3 Å². The van der Waals surface area contributed by atoms with Crippen LogP contribution in [0.15, 0.2) is 52.9 Å². The minimum absolute atomic E-state index is 0.188.